The average Bonchev–Trinajstić information content (AvgIpc) is 2.91. The highest BCUT2D eigenvalue weighted by Gasteiger charge is 2.28. The van der Waals surface area contributed by atoms with Crippen LogP contribution in [0, 0.1) is 5.92 Å². The monoisotopic (exact) mass is 343 g/mol. The van der Waals surface area contributed by atoms with Gasteiger partial charge in [0.05, 0.1) is 0 Å². The van der Waals surface area contributed by atoms with Crippen molar-refractivity contribution in [2.24, 2.45) is 5.92 Å². The molecule has 0 aliphatic heterocycles. The molecule has 1 aliphatic carbocycles. The molecule has 3 rings (SSSR count). The molecule has 2 aromatic carbocycles. The summed E-state index contributed by atoms with van der Waals surface area (Å²) in [5.74, 6) is 0.710. The van der Waals surface area contributed by atoms with Crippen molar-refractivity contribution in [2.75, 3.05) is 6.54 Å². The van der Waals surface area contributed by atoms with Crippen molar-refractivity contribution in [3.63, 3.8) is 0 Å². The quantitative estimate of drug-likeness (QED) is 0.849. The summed E-state index contributed by atoms with van der Waals surface area (Å²) < 4.78 is 1.17. The number of nitrogens with one attached hydrogen (secondary N) is 1. The van der Waals surface area contributed by atoms with Crippen LogP contribution >= 0.6 is 15.9 Å². The smallest absolute Gasteiger partial charge is 0.0178 e. The maximum absolute atomic E-state index is 3.71. The van der Waals surface area contributed by atoms with E-state index in [1.54, 1.807) is 11.1 Å². The molecule has 0 fully saturated rings. The number of fused-ring (bicyclic) bond motifs is 1. The van der Waals surface area contributed by atoms with Gasteiger partial charge in [0, 0.05) is 10.5 Å². The molecule has 1 atom stereocenters. The van der Waals surface area contributed by atoms with Gasteiger partial charge in [-0.3, -0.25) is 0 Å². The summed E-state index contributed by atoms with van der Waals surface area (Å²) in [6, 6.07) is 18.2. The average molecular weight is 344 g/mol. The van der Waals surface area contributed by atoms with Gasteiger partial charge in [0.2, 0.25) is 0 Å². The molecule has 1 aliphatic rings. The van der Waals surface area contributed by atoms with E-state index in [1.165, 1.54) is 22.9 Å². The van der Waals surface area contributed by atoms with Gasteiger partial charge in [-0.25, -0.2) is 0 Å². The van der Waals surface area contributed by atoms with Gasteiger partial charge in [0.15, 0.2) is 0 Å². The van der Waals surface area contributed by atoms with Crippen LogP contribution in [-0.4, -0.2) is 12.6 Å². The van der Waals surface area contributed by atoms with E-state index < -0.39 is 0 Å². The molecule has 110 valence electrons. The van der Waals surface area contributed by atoms with Crippen LogP contribution in [0.5, 0.6) is 0 Å². The van der Waals surface area contributed by atoms with E-state index in [4.69, 9.17) is 0 Å². The van der Waals surface area contributed by atoms with Crippen LogP contribution < -0.4 is 5.32 Å². The first-order valence-corrected chi connectivity index (χ1v) is 8.60. The van der Waals surface area contributed by atoms with Crippen molar-refractivity contribution < 1.29 is 0 Å². The van der Waals surface area contributed by atoms with Crippen LogP contribution in [0.25, 0.3) is 0 Å². The highest BCUT2D eigenvalue weighted by atomic mass is 79.9. The van der Waals surface area contributed by atoms with Crippen LogP contribution in [0.2, 0.25) is 0 Å². The Morgan fingerprint density at radius 1 is 1.10 bits per heavy atom. The summed E-state index contributed by atoms with van der Waals surface area (Å²) >= 11 is 3.58. The predicted octanol–water partition coefficient (Wildman–Crippen LogP) is 4.38. The number of hydrogen-bond donors (Lipinski definition) is 1. The summed E-state index contributed by atoms with van der Waals surface area (Å²) in [4.78, 5) is 0. The van der Waals surface area contributed by atoms with Crippen LogP contribution in [-0.2, 0) is 19.3 Å². The Balaban J connectivity index is 1.74. The van der Waals surface area contributed by atoms with Gasteiger partial charge in [-0.2, -0.15) is 0 Å². The normalized spacial score (nSPS) is 15.9. The number of likely N-dealkylation sites (N-methyl/N-ethyl adjacent to an activating group) is 1. The lowest BCUT2D eigenvalue weighted by Crippen LogP contribution is -2.38. The summed E-state index contributed by atoms with van der Waals surface area (Å²) in [5.41, 5.74) is 4.49. The number of benzene rings is 2. The van der Waals surface area contributed by atoms with Crippen molar-refractivity contribution in [2.45, 2.75) is 32.2 Å². The molecule has 0 radical (unpaired) electrons. The minimum atomic E-state index is 0.553. The highest BCUT2D eigenvalue weighted by molar-refractivity contribution is 9.10. The second-order valence-corrected chi connectivity index (χ2v) is 6.85. The van der Waals surface area contributed by atoms with E-state index >= 15 is 0 Å². The molecule has 2 heteroatoms. The lowest BCUT2D eigenvalue weighted by Gasteiger charge is -2.24. The van der Waals surface area contributed by atoms with Gasteiger partial charge in [-0.05, 0) is 60.5 Å². The molecule has 0 bridgehead atoms. The standard InChI is InChI=1S/C19H22BrN/c1-2-21-19(11-14-6-5-9-18(20)10-14)17-12-15-7-3-4-8-16(15)13-17/h3-10,17,19,21H,2,11-13H2,1H3. The summed E-state index contributed by atoms with van der Waals surface area (Å²) in [6.45, 7) is 3.24. The lowest BCUT2D eigenvalue weighted by molar-refractivity contribution is 0.368. The molecule has 0 saturated carbocycles. The third-order valence-electron chi connectivity index (χ3n) is 4.46. The van der Waals surface area contributed by atoms with E-state index in [0.29, 0.717) is 12.0 Å². The minimum Gasteiger partial charge on any atom is -0.314 e. The Morgan fingerprint density at radius 3 is 2.43 bits per heavy atom. The van der Waals surface area contributed by atoms with Crippen LogP contribution in [0.4, 0.5) is 0 Å². The van der Waals surface area contributed by atoms with E-state index in [-0.39, 0.29) is 0 Å². The number of halogens is 1. The zero-order valence-electron chi connectivity index (χ0n) is 12.5. The molecule has 0 amide bonds. The van der Waals surface area contributed by atoms with Gasteiger partial charge in [0.1, 0.15) is 0 Å². The summed E-state index contributed by atoms with van der Waals surface area (Å²) in [6.07, 6.45) is 3.52. The maximum atomic E-state index is 3.71. The Morgan fingerprint density at radius 2 is 1.81 bits per heavy atom. The van der Waals surface area contributed by atoms with Gasteiger partial charge < -0.3 is 5.32 Å². The minimum absolute atomic E-state index is 0.553. The third kappa shape index (κ3) is 3.56. The van der Waals surface area contributed by atoms with Crippen LogP contribution in [0.3, 0.4) is 0 Å². The van der Waals surface area contributed by atoms with Crippen molar-refractivity contribution in [1.29, 1.82) is 0 Å². The summed E-state index contributed by atoms with van der Waals surface area (Å²) in [7, 11) is 0. The molecule has 0 heterocycles. The van der Waals surface area contributed by atoms with Gasteiger partial charge >= 0.3 is 0 Å². The fourth-order valence-corrected chi connectivity index (χ4v) is 3.91. The first-order chi connectivity index (χ1) is 10.3. The largest absolute Gasteiger partial charge is 0.314 e. The zero-order valence-corrected chi connectivity index (χ0v) is 14.1. The van der Waals surface area contributed by atoms with Gasteiger partial charge in [-0.15, -0.1) is 0 Å². The SMILES string of the molecule is CCNC(Cc1cccc(Br)c1)C1Cc2ccccc2C1. The van der Waals surface area contributed by atoms with Crippen molar-refractivity contribution in [3.05, 3.63) is 69.7 Å². The number of hydrogen-bond acceptors (Lipinski definition) is 1. The number of rotatable bonds is 5. The fourth-order valence-electron chi connectivity index (χ4n) is 3.46. The maximum Gasteiger partial charge on any atom is 0.0178 e. The molecule has 0 saturated heterocycles. The van der Waals surface area contributed by atoms with Crippen LogP contribution in [0.1, 0.15) is 23.6 Å². The predicted molar refractivity (Wildman–Crippen MR) is 92.7 cm³/mol. The topological polar surface area (TPSA) is 12.0 Å². The van der Waals surface area contributed by atoms with E-state index in [0.717, 1.165) is 13.0 Å². The summed E-state index contributed by atoms with van der Waals surface area (Å²) in [5, 5.41) is 3.71. The first kappa shape index (κ1) is 14.8. The Kier molecular flexibility index (Phi) is 4.77. The molecular formula is C19H22BrN. The first-order valence-electron chi connectivity index (χ1n) is 7.81. The molecule has 0 spiro atoms. The second kappa shape index (κ2) is 6.76. The Bertz CT molecular complexity index is 583. The third-order valence-corrected chi connectivity index (χ3v) is 4.96. The molecular weight excluding hydrogens is 322 g/mol. The van der Waals surface area contributed by atoms with E-state index in [2.05, 4.69) is 76.7 Å². The van der Waals surface area contributed by atoms with Crippen molar-refractivity contribution in [1.82, 2.24) is 5.32 Å². The zero-order chi connectivity index (χ0) is 14.7. The molecule has 2 aromatic rings. The molecule has 1 unspecified atom stereocenters. The van der Waals surface area contributed by atoms with Crippen molar-refractivity contribution in [3.8, 4) is 0 Å². The Labute approximate surface area is 135 Å². The molecule has 1 N–H and O–H groups in total. The highest BCUT2D eigenvalue weighted by Crippen LogP contribution is 2.30. The molecule has 1 nitrogen and oxygen atoms in total. The lowest BCUT2D eigenvalue weighted by atomic mass is 9.91. The molecule has 21 heavy (non-hydrogen) atoms. The van der Waals surface area contributed by atoms with Gasteiger partial charge in [-0.1, -0.05) is 59.3 Å². The van der Waals surface area contributed by atoms with E-state index in [1.807, 2.05) is 0 Å². The van der Waals surface area contributed by atoms with Crippen LogP contribution in [0.15, 0.2) is 53.0 Å². The van der Waals surface area contributed by atoms with E-state index in [9.17, 15) is 0 Å². The molecule has 0 aromatic heterocycles. The Hall–Kier alpha value is -1.12. The second-order valence-electron chi connectivity index (χ2n) is 5.94. The fraction of sp³-hybridized carbons (Fsp3) is 0.368. The van der Waals surface area contributed by atoms with Gasteiger partial charge in [0.25, 0.3) is 0 Å². The van der Waals surface area contributed by atoms with Crippen molar-refractivity contribution >= 4 is 15.9 Å².